The summed E-state index contributed by atoms with van der Waals surface area (Å²) in [5.74, 6) is 0.0957. The van der Waals surface area contributed by atoms with Gasteiger partial charge in [0.2, 0.25) is 5.91 Å². The van der Waals surface area contributed by atoms with Crippen molar-refractivity contribution < 1.29 is 4.79 Å². The van der Waals surface area contributed by atoms with Gasteiger partial charge in [0.1, 0.15) is 9.95 Å². The molecule has 7 heteroatoms. The van der Waals surface area contributed by atoms with Crippen LogP contribution in [0.1, 0.15) is 23.7 Å². The fourth-order valence-corrected chi connectivity index (χ4v) is 5.12. The van der Waals surface area contributed by atoms with Gasteiger partial charge in [-0.05, 0) is 29.9 Å². The molecular weight excluding hydrogens is 366 g/mol. The Bertz CT molecular complexity index is 991. The first-order chi connectivity index (χ1) is 12.6. The topological polar surface area (TPSA) is 55.2 Å². The largest absolute Gasteiger partial charge is 0.341 e. The molecule has 134 valence electrons. The molecule has 0 unspecified atom stereocenters. The van der Waals surface area contributed by atoms with Crippen LogP contribution < -0.4 is 5.56 Å². The zero-order valence-electron chi connectivity index (χ0n) is 14.4. The van der Waals surface area contributed by atoms with E-state index in [0.29, 0.717) is 15.4 Å². The van der Waals surface area contributed by atoms with E-state index in [0.717, 1.165) is 31.5 Å². The van der Waals surface area contributed by atoms with Crippen molar-refractivity contribution in [2.45, 2.75) is 23.2 Å². The number of fused-ring (bicyclic) bond motifs is 1. The summed E-state index contributed by atoms with van der Waals surface area (Å²) in [6, 6.07) is 11.6. The average molecular weight is 386 g/mol. The third kappa shape index (κ3) is 3.17. The number of likely N-dealkylation sites (tertiary alicyclic amines) is 1. The van der Waals surface area contributed by atoms with Gasteiger partial charge in [0, 0.05) is 20.1 Å². The number of hydrogen-bond acceptors (Lipinski definition) is 5. The van der Waals surface area contributed by atoms with Crippen molar-refractivity contribution >= 4 is 39.2 Å². The van der Waals surface area contributed by atoms with Crippen molar-refractivity contribution in [3.63, 3.8) is 0 Å². The van der Waals surface area contributed by atoms with Gasteiger partial charge in [-0.2, -0.15) is 0 Å². The summed E-state index contributed by atoms with van der Waals surface area (Å²) >= 11 is 2.76. The highest BCUT2D eigenvalue weighted by molar-refractivity contribution is 8.00. The molecule has 0 N–H and O–H groups in total. The van der Waals surface area contributed by atoms with E-state index in [1.165, 1.54) is 23.1 Å². The van der Waals surface area contributed by atoms with Crippen molar-refractivity contribution in [3.8, 4) is 0 Å². The molecule has 0 saturated carbocycles. The number of aromatic nitrogens is 2. The molecule has 5 nitrogen and oxygen atoms in total. The van der Waals surface area contributed by atoms with Crippen LogP contribution in [0.15, 0.2) is 51.7 Å². The molecule has 1 aromatic carbocycles. The number of nitrogens with zero attached hydrogens (tertiary/aromatic N) is 3. The SMILES string of the molecule is Cn1c(S[C@H](C(=O)N2CCCC2)c2ccccc2)nc2ccsc2c1=O. The first kappa shape index (κ1) is 17.3. The van der Waals surface area contributed by atoms with Crippen LogP contribution in [0.4, 0.5) is 0 Å². The lowest BCUT2D eigenvalue weighted by Gasteiger charge is -2.23. The third-order valence-electron chi connectivity index (χ3n) is 4.61. The lowest BCUT2D eigenvalue weighted by atomic mass is 10.1. The number of benzene rings is 1. The maximum atomic E-state index is 13.2. The molecule has 1 amide bonds. The molecule has 4 rings (SSSR count). The first-order valence-electron chi connectivity index (χ1n) is 8.60. The Labute approximate surface area is 159 Å². The lowest BCUT2D eigenvalue weighted by molar-refractivity contribution is -0.129. The zero-order chi connectivity index (χ0) is 18.1. The van der Waals surface area contributed by atoms with Crippen molar-refractivity contribution in [2.24, 2.45) is 7.05 Å². The smallest absolute Gasteiger partial charge is 0.271 e. The Morgan fingerprint density at radius 1 is 1.19 bits per heavy atom. The van der Waals surface area contributed by atoms with Crippen LogP contribution in [0.25, 0.3) is 10.2 Å². The predicted octanol–water partition coefficient (Wildman–Crippen LogP) is 3.45. The first-order valence-corrected chi connectivity index (χ1v) is 10.4. The van der Waals surface area contributed by atoms with Gasteiger partial charge in [-0.25, -0.2) is 4.98 Å². The van der Waals surface area contributed by atoms with Crippen LogP contribution >= 0.6 is 23.1 Å². The van der Waals surface area contributed by atoms with Crippen LogP contribution in [-0.2, 0) is 11.8 Å². The second-order valence-corrected chi connectivity index (χ2v) is 8.32. The number of amides is 1. The monoisotopic (exact) mass is 385 g/mol. The molecule has 26 heavy (non-hydrogen) atoms. The van der Waals surface area contributed by atoms with E-state index in [2.05, 4.69) is 4.98 Å². The standard InChI is InChI=1S/C19H19N3O2S2/c1-21-17(23)16-14(9-12-25-16)20-19(21)26-15(13-7-3-2-4-8-13)18(24)22-10-5-6-11-22/h2-4,7-9,12,15H,5-6,10-11H2,1H3/t15-/m0/s1. The molecule has 1 fully saturated rings. The maximum absolute atomic E-state index is 13.2. The second kappa shape index (κ2) is 7.25. The van der Waals surface area contributed by atoms with Gasteiger partial charge in [-0.3, -0.25) is 14.2 Å². The van der Waals surface area contributed by atoms with Gasteiger partial charge in [0.15, 0.2) is 5.16 Å². The van der Waals surface area contributed by atoms with Crippen LogP contribution in [0.2, 0.25) is 0 Å². The number of thioether (sulfide) groups is 1. The van der Waals surface area contributed by atoms with Crippen LogP contribution in [0, 0.1) is 0 Å². The lowest BCUT2D eigenvalue weighted by Crippen LogP contribution is -2.32. The van der Waals surface area contributed by atoms with Gasteiger partial charge in [0.05, 0.1) is 5.52 Å². The molecular formula is C19H19N3O2S2. The molecule has 2 aromatic heterocycles. The van der Waals surface area contributed by atoms with E-state index < -0.39 is 5.25 Å². The molecule has 0 spiro atoms. The average Bonchev–Trinajstić information content (AvgIpc) is 3.35. The zero-order valence-corrected chi connectivity index (χ0v) is 16.1. The van der Waals surface area contributed by atoms with E-state index in [-0.39, 0.29) is 11.5 Å². The Hall–Kier alpha value is -2.12. The van der Waals surface area contributed by atoms with Gasteiger partial charge >= 0.3 is 0 Å². The van der Waals surface area contributed by atoms with E-state index in [1.54, 1.807) is 11.6 Å². The van der Waals surface area contributed by atoms with E-state index >= 15 is 0 Å². The van der Waals surface area contributed by atoms with Crippen LogP contribution in [0.5, 0.6) is 0 Å². The number of carbonyl (C=O) groups is 1. The quantitative estimate of drug-likeness (QED) is 0.510. The van der Waals surface area contributed by atoms with Gasteiger partial charge in [-0.1, -0.05) is 42.1 Å². The Morgan fingerprint density at radius 3 is 2.65 bits per heavy atom. The second-order valence-electron chi connectivity index (χ2n) is 6.33. The highest BCUT2D eigenvalue weighted by Gasteiger charge is 2.30. The Balaban J connectivity index is 1.74. The fraction of sp³-hybridized carbons (Fsp3) is 0.316. The molecule has 1 aliphatic heterocycles. The molecule has 1 aliphatic rings. The van der Waals surface area contributed by atoms with E-state index in [9.17, 15) is 9.59 Å². The molecule has 0 aliphatic carbocycles. The van der Waals surface area contributed by atoms with E-state index in [4.69, 9.17) is 0 Å². The maximum Gasteiger partial charge on any atom is 0.271 e. The summed E-state index contributed by atoms with van der Waals surface area (Å²) in [5.41, 5.74) is 1.57. The minimum atomic E-state index is -0.400. The predicted molar refractivity (Wildman–Crippen MR) is 106 cm³/mol. The Morgan fingerprint density at radius 2 is 1.92 bits per heavy atom. The third-order valence-corrected chi connectivity index (χ3v) is 6.79. The number of hydrogen-bond donors (Lipinski definition) is 0. The normalized spacial score (nSPS) is 15.5. The highest BCUT2D eigenvalue weighted by atomic mass is 32.2. The molecule has 0 radical (unpaired) electrons. The van der Waals surface area contributed by atoms with Crippen LogP contribution in [0.3, 0.4) is 0 Å². The van der Waals surface area contributed by atoms with Gasteiger partial charge in [-0.15, -0.1) is 11.3 Å². The molecule has 1 saturated heterocycles. The molecule has 0 bridgehead atoms. The summed E-state index contributed by atoms with van der Waals surface area (Å²) in [6.07, 6.45) is 2.10. The fourth-order valence-electron chi connectivity index (χ4n) is 3.17. The minimum absolute atomic E-state index is 0.0621. The summed E-state index contributed by atoms with van der Waals surface area (Å²) in [4.78, 5) is 32.3. The van der Waals surface area contributed by atoms with Crippen molar-refractivity contribution in [2.75, 3.05) is 13.1 Å². The van der Waals surface area contributed by atoms with Crippen LogP contribution in [-0.4, -0.2) is 33.4 Å². The highest BCUT2D eigenvalue weighted by Crippen LogP contribution is 2.36. The van der Waals surface area contributed by atoms with Gasteiger partial charge in [0.25, 0.3) is 5.56 Å². The molecule has 3 heterocycles. The number of carbonyl (C=O) groups excluding carboxylic acids is 1. The minimum Gasteiger partial charge on any atom is -0.341 e. The summed E-state index contributed by atoms with van der Waals surface area (Å²) in [7, 11) is 1.72. The number of rotatable bonds is 4. The summed E-state index contributed by atoms with van der Waals surface area (Å²) in [5, 5.41) is 2.04. The van der Waals surface area contributed by atoms with E-state index in [1.807, 2.05) is 46.7 Å². The molecule has 1 atom stereocenters. The summed E-state index contributed by atoms with van der Waals surface area (Å²) < 4.78 is 2.20. The van der Waals surface area contributed by atoms with Gasteiger partial charge < -0.3 is 4.90 Å². The Kier molecular flexibility index (Phi) is 4.82. The van der Waals surface area contributed by atoms with Crippen molar-refractivity contribution in [1.29, 1.82) is 0 Å². The number of thiophene rings is 1. The molecule has 3 aromatic rings. The summed E-state index contributed by atoms with van der Waals surface area (Å²) in [6.45, 7) is 1.61. The van der Waals surface area contributed by atoms with Crippen molar-refractivity contribution in [1.82, 2.24) is 14.5 Å². The van der Waals surface area contributed by atoms with Crippen molar-refractivity contribution in [3.05, 3.63) is 57.7 Å².